The quantitative estimate of drug-likeness (QED) is 0.752. The molecule has 1 saturated heterocycles. The van der Waals surface area contributed by atoms with E-state index in [1.807, 2.05) is 12.3 Å². The minimum absolute atomic E-state index is 0.112. The van der Waals surface area contributed by atoms with Gasteiger partial charge in [0.1, 0.15) is 5.82 Å². The smallest absolute Gasteiger partial charge is 0.335 e. The lowest BCUT2D eigenvalue weighted by Gasteiger charge is -2.25. The average molecular weight is 377 g/mol. The van der Waals surface area contributed by atoms with Crippen LogP contribution in [0.3, 0.4) is 0 Å². The molecule has 0 spiro atoms. The molecule has 3 aromatic rings. The molecule has 1 aliphatic rings. The van der Waals surface area contributed by atoms with Crippen LogP contribution in [0.1, 0.15) is 16.2 Å². The molecule has 0 amide bonds. The van der Waals surface area contributed by atoms with Gasteiger partial charge in [0.15, 0.2) is 0 Å². The van der Waals surface area contributed by atoms with Crippen LogP contribution in [0.5, 0.6) is 0 Å². The van der Waals surface area contributed by atoms with Gasteiger partial charge in [-0.3, -0.25) is 9.36 Å². The van der Waals surface area contributed by atoms with Gasteiger partial charge < -0.3 is 14.7 Å². The molecule has 0 saturated carbocycles. The number of carbonyl (C=O) groups is 1. The Kier molecular flexibility index (Phi) is 4.90. The van der Waals surface area contributed by atoms with E-state index in [0.717, 1.165) is 13.1 Å². The number of fused-ring (bicyclic) bond motifs is 1. The first-order valence-corrected chi connectivity index (χ1v) is 8.99. The lowest BCUT2D eigenvalue weighted by molar-refractivity contribution is 0.0597. The molecule has 2 aromatic carbocycles. The Morgan fingerprint density at radius 2 is 1.89 bits per heavy atom. The van der Waals surface area contributed by atoms with Crippen molar-refractivity contribution < 1.29 is 14.6 Å². The standard InChI is InChI=1S/C21H19N3O4/c25-20-17-6-1-2-7-18(17)22-19(8-9-23-10-12-28-13-11-23)24(20)16-5-3-4-15(14-16)21(26)27/h1-9,14H,10-13H2,(H,26,27)/b9-8+. The highest BCUT2D eigenvalue weighted by Gasteiger charge is 2.13. The second-order valence-electron chi connectivity index (χ2n) is 6.45. The number of benzene rings is 2. The van der Waals surface area contributed by atoms with Crippen molar-refractivity contribution in [2.45, 2.75) is 0 Å². The maximum absolute atomic E-state index is 13.2. The maximum Gasteiger partial charge on any atom is 0.335 e. The third-order valence-electron chi connectivity index (χ3n) is 4.63. The third-order valence-corrected chi connectivity index (χ3v) is 4.63. The molecule has 4 rings (SSSR count). The Morgan fingerprint density at radius 3 is 2.68 bits per heavy atom. The Balaban J connectivity index is 1.88. The van der Waals surface area contributed by atoms with E-state index in [4.69, 9.17) is 4.74 Å². The molecular formula is C21H19N3O4. The Bertz CT molecular complexity index is 1110. The SMILES string of the molecule is O=C(O)c1cccc(-n2c(/C=C/N3CCOCC3)nc3ccccc3c2=O)c1. The Morgan fingerprint density at radius 1 is 1.11 bits per heavy atom. The molecule has 0 unspecified atom stereocenters. The van der Waals surface area contributed by atoms with E-state index in [-0.39, 0.29) is 11.1 Å². The van der Waals surface area contributed by atoms with Gasteiger partial charge in [-0.05, 0) is 36.4 Å². The number of hydrogen-bond acceptors (Lipinski definition) is 5. The van der Waals surface area contributed by atoms with Gasteiger partial charge in [0.2, 0.25) is 0 Å². The highest BCUT2D eigenvalue weighted by atomic mass is 16.5. The van der Waals surface area contributed by atoms with E-state index < -0.39 is 5.97 Å². The minimum Gasteiger partial charge on any atom is -0.478 e. The van der Waals surface area contributed by atoms with Crippen molar-refractivity contribution in [3.63, 3.8) is 0 Å². The lowest BCUT2D eigenvalue weighted by Crippen LogP contribution is -2.32. The fourth-order valence-electron chi connectivity index (χ4n) is 3.19. The number of aromatic nitrogens is 2. The van der Waals surface area contributed by atoms with Gasteiger partial charge in [-0.15, -0.1) is 0 Å². The van der Waals surface area contributed by atoms with Crippen molar-refractivity contribution in [2.24, 2.45) is 0 Å². The molecule has 7 heteroatoms. The lowest BCUT2D eigenvalue weighted by atomic mass is 10.2. The van der Waals surface area contributed by atoms with Crippen LogP contribution in [-0.2, 0) is 4.74 Å². The largest absolute Gasteiger partial charge is 0.478 e. The predicted octanol–water partition coefficient (Wildman–Crippen LogP) is 2.39. The Hall–Kier alpha value is -3.45. The third kappa shape index (κ3) is 3.52. The average Bonchev–Trinajstić information content (AvgIpc) is 2.73. The number of ether oxygens (including phenoxy) is 1. The second kappa shape index (κ2) is 7.66. The number of carboxylic acids is 1. The number of aromatic carboxylic acids is 1. The van der Waals surface area contributed by atoms with Gasteiger partial charge in [-0.1, -0.05) is 18.2 Å². The summed E-state index contributed by atoms with van der Waals surface area (Å²) in [5.41, 5.74) is 0.931. The molecule has 142 valence electrons. The van der Waals surface area contributed by atoms with Crippen molar-refractivity contribution in [1.29, 1.82) is 0 Å². The summed E-state index contributed by atoms with van der Waals surface area (Å²) in [5, 5.41) is 9.78. The summed E-state index contributed by atoms with van der Waals surface area (Å²) in [6, 6.07) is 13.4. The molecule has 1 aromatic heterocycles. The summed E-state index contributed by atoms with van der Waals surface area (Å²) in [6.45, 7) is 2.84. The van der Waals surface area contributed by atoms with Crippen LogP contribution >= 0.6 is 0 Å². The summed E-state index contributed by atoms with van der Waals surface area (Å²) in [7, 11) is 0. The highest BCUT2D eigenvalue weighted by Crippen LogP contribution is 2.16. The zero-order valence-corrected chi connectivity index (χ0v) is 15.1. The molecule has 1 N–H and O–H groups in total. The first-order valence-electron chi connectivity index (χ1n) is 8.99. The van der Waals surface area contributed by atoms with E-state index in [9.17, 15) is 14.7 Å². The molecule has 28 heavy (non-hydrogen) atoms. The number of nitrogens with zero attached hydrogens (tertiary/aromatic N) is 3. The summed E-state index contributed by atoms with van der Waals surface area (Å²) in [5.74, 6) is -0.605. The molecule has 0 bridgehead atoms. The summed E-state index contributed by atoms with van der Waals surface area (Å²) in [4.78, 5) is 31.3. The molecule has 0 aliphatic carbocycles. The van der Waals surface area contributed by atoms with Crippen molar-refractivity contribution >= 4 is 22.9 Å². The zero-order valence-electron chi connectivity index (χ0n) is 15.1. The van der Waals surface area contributed by atoms with Gasteiger partial charge in [-0.25, -0.2) is 9.78 Å². The number of para-hydroxylation sites is 1. The van der Waals surface area contributed by atoms with Crippen molar-refractivity contribution in [1.82, 2.24) is 14.5 Å². The molecule has 1 fully saturated rings. The fraction of sp³-hybridized carbons (Fsp3) is 0.190. The van der Waals surface area contributed by atoms with Crippen LogP contribution in [0.2, 0.25) is 0 Å². The van der Waals surface area contributed by atoms with Crippen molar-refractivity contribution in [2.75, 3.05) is 26.3 Å². The van der Waals surface area contributed by atoms with Gasteiger partial charge in [0, 0.05) is 19.3 Å². The minimum atomic E-state index is -1.05. The van der Waals surface area contributed by atoms with E-state index >= 15 is 0 Å². The van der Waals surface area contributed by atoms with Crippen LogP contribution in [0.25, 0.3) is 22.7 Å². The topological polar surface area (TPSA) is 84.7 Å². The zero-order chi connectivity index (χ0) is 19.5. The van der Waals surface area contributed by atoms with Crippen LogP contribution in [-0.4, -0.2) is 51.8 Å². The van der Waals surface area contributed by atoms with E-state index in [2.05, 4.69) is 9.88 Å². The van der Waals surface area contributed by atoms with E-state index in [0.29, 0.717) is 35.6 Å². The van der Waals surface area contributed by atoms with Crippen LogP contribution in [0, 0.1) is 0 Å². The van der Waals surface area contributed by atoms with Crippen molar-refractivity contribution in [3.05, 3.63) is 76.5 Å². The molecule has 0 atom stereocenters. The fourth-order valence-corrected chi connectivity index (χ4v) is 3.19. The number of hydrogen-bond donors (Lipinski definition) is 1. The highest BCUT2D eigenvalue weighted by molar-refractivity contribution is 5.88. The second-order valence-corrected chi connectivity index (χ2v) is 6.45. The predicted molar refractivity (Wildman–Crippen MR) is 106 cm³/mol. The van der Waals surface area contributed by atoms with E-state index in [1.165, 1.54) is 16.7 Å². The van der Waals surface area contributed by atoms with Gasteiger partial charge >= 0.3 is 5.97 Å². The van der Waals surface area contributed by atoms with Crippen LogP contribution < -0.4 is 5.56 Å². The van der Waals surface area contributed by atoms with Crippen LogP contribution in [0.15, 0.2) is 59.5 Å². The monoisotopic (exact) mass is 377 g/mol. The summed E-state index contributed by atoms with van der Waals surface area (Å²) >= 11 is 0. The summed E-state index contributed by atoms with van der Waals surface area (Å²) < 4.78 is 6.81. The molecule has 2 heterocycles. The van der Waals surface area contributed by atoms with Gasteiger partial charge in [0.05, 0.1) is 35.4 Å². The first-order chi connectivity index (χ1) is 13.6. The number of morpholine rings is 1. The van der Waals surface area contributed by atoms with E-state index in [1.54, 1.807) is 36.4 Å². The Labute approximate surface area is 161 Å². The van der Waals surface area contributed by atoms with Gasteiger partial charge in [-0.2, -0.15) is 0 Å². The van der Waals surface area contributed by atoms with Crippen molar-refractivity contribution in [3.8, 4) is 5.69 Å². The normalized spacial score (nSPS) is 14.6. The molecule has 0 radical (unpaired) electrons. The van der Waals surface area contributed by atoms with Gasteiger partial charge in [0.25, 0.3) is 5.56 Å². The summed E-state index contributed by atoms with van der Waals surface area (Å²) in [6.07, 6.45) is 3.68. The molecular weight excluding hydrogens is 358 g/mol. The number of rotatable bonds is 4. The van der Waals surface area contributed by atoms with Crippen LogP contribution in [0.4, 0.5) is 0 Å². The molecule has 7 nitrogen and oxygen atoms in total. The number of carboxylic acid groups (broad SMARTS) is 1. The molecule has 1 aliphatic heterocycles. The maximum atomic E-state index is 13.2. The first kappa shape index (κ1) is 17.9.